The van der Waals surface area contributed by atoms with Crippen LogP contribution in [-0.2, 0) is 17.8 Å². The van der Waals surface area contributed by atoms with Gasteiger partial charge in [-0.1, -0.05) is 36.4 Å². The number of benzene rings is 2. The maximum absolute atomic E-state index is 14.6. The topological polar surface area (TPSA) is 75.9 Å². The number of anilines is 2. The van der Waals surface area contributed by atoms with E-state index < -0.39 is 17.6 Å². The number of fused-ring (bicyclic) bond motifs is 2. The monoisotopic (exact) mass is 620 g/mol. The number of pyridine rings is 1. The van der Waals surface area contributed by atoms with Gasteiger partial charge in [-0.25, -0.2) is 13.8 Å². The maximum atomic E-state index is 14.6. The molecule has 0 radical (unpaired) electrons. The van der Waals surface area contributed by atoms with E-state index in [1.165, 1.54) is 11.0 Å². The summed E-state index contributed by atoms with van der Waals surface area (Å²) in [4.78, 5) is 25.3. The van der Waals surface area contributed by atoms with Gasteiger partial charge in [0.25, 0.3) is 5.91 Å². The van der Waals surface area contributed by atoms with Gasteiger partial charge in [0, 0.05) is 54.9 Å². The highest BCUT2D eigenvalue weighted by molar-refractivity contribution is 6.36. The van der Waals surface area contributed by atoms with Crippen LogP contribution in [0.2, 0.25) is 5.02 Å². The zero-order valence-electron chi connectivity index (χ0n) is 25.0. The number of likely N-dealkylation sites (N-methyl/N-ethyl adjacent to an activating group) is 1. The summed E-state index contributed by atoms with van der Waals surface area (Å²) < 4.78 is 34.6. The number of halogens is 3. The van der Waals surface area contributed by atoms with Gasteiger partial charge in [0.15, 0.2) is 5.83 Å². The molecule has 8 nitrogen and oxygen atoms in total. The van der Waals surface area contributed by atoms with Gasteiger partial charge < -0.3 is 24.3 Å². The molecule has 3 aromatic rings. The molecule has 11 heteroatoms. The molecule has 6 rings (SSSR count). The molecule has 230 valence electrons. The number of carbonyl (C=O) groups is 1. The minimum absolute atomic E-state index is 0.0828. The molecule has 3 aliphatic heterocycles. The SMILES string of the molecule is C=C(F)C(=O)N1CCN(c2c(C#N)c(OCC3CCCN3C)nc3c2CCN(c2cccc4ccc(F)c(Cl)c24)C3)CC1C. The van der Waals surface area contributed by atoms with Crippen LogP contribution < -0.4 is 14.5 Å². The fourth-order valence-electron chi connectivity index (χ4n) is 6.83. The molecule has 2 saturated heterocycles. The van der Waals surface area contributed by atoms with E-state index in [9.17, 15) is 18.8 Å². The van der Waals surface area contributed by atoms with Crippen molar-refractivity contribution in [3.05, 3.63) is 70.4 Å². The van der Waals surface area contributed by atoms with Crippen molar-refractivity contribution in [2.75, 3.05) is 56.2 Å². The van der Waals surface area contributed by atoms with Crippen molar-refractivity contribution < 1.29 is 18.3 Å². The van der Waals surface area contributed by atoms with Crippen LogP contribution in [0, 0.1) is 17.1 Å². The number of hydrogen-bond donors (Lipinski definition) is 0. The Morgan fingerprint density at radius 3 is 2.73 bits per heavy atom. The van der Waals surface area contributed by atoms with Crippen molar-refractivity contribution in [2.24, 2.45) is 0 Å². The highest BCUT2D eigenvalue weighted by Crippen LogP contribution is 2.41. The summed E-state index contributed by atoms with van der Waals surface area (Å²) in [5.74, 6) is -1.88. The van der Waals surface area contributed by atoms with Crippen molar-refractivity contribution in [1.82, 2.24) is 14.8 Å². The summed E-state index contributed by atoms with van der Waals surface area (Å²) in [5, 5.41) is 12.0. The summed E-state index contributed by atoms with van der Waals surface area (Å²) in [6.45, 7) is 8.59. The lowest BCUT2D eigenvalue weighted by Gasteiger charge is -2.42. The van der Waals surface area contributed by atoms with Crippen LogP contribution in [0.15, 0.2) is 42.7 Å². The molecule has 0 bridgehead atoms. The quantitative estimate of drug-likeness (QED) is 0.339. The number of hydrogen-bond acceptors (Lipinski definition) is 7. The van der Waals surface area contributed by atoms with Gasteiger partial charge >= 0.3 is 0 Å². The van der Waals surface area contributed by atoms with Crippen molar-refractivity contribution in [1.29, 1.82) is 5.26 Å². The zero-order chi connectivity index (χ0) is 31.1. The highest BCUT2D eigenvalue weighted by atomic mass is 35.5. The minimum Gasteiger partial charge on any atom is -0.475 e. The Morgan fingerprint density at radius 1 is 1.20 bits per heavy atom. The summed E-state index contributed by atoms with van der Waals surface area (Å²) >= 11 is 6.48. The van der Waals surface area contributed by atoms with Gasteiger partial charge in [-0.2, -0.15) is 5.26 Å². The third kappa shape index (κ3) is 5.44. The number of carbonyl (C=O) groups excluding carboxylic acids is 1. The molecule has 2 fully saturated rings. The van der Waals surface area contributed by atoms with Crippen LogP contribution in [0.5, 0.6) is 5.88 Å². The first-order chi connectivity index (χ1) is 21.2. The second kappa shape index (κ2) is 12.2. The third-order valence-corrected chi connectivity index (χ3v) is 9.55. The van der Waals surface area contributed by atoms with Gasteiger partial charge in [0.2, 0.25) is 5.88 Å². The average molecular weight is 621 g/mol. The van der Waals surface area contributed by atoms with Crippen LogP contribution in [-0.4, -0.2) is 79.2 Å². The molecule has 3 aliphatic rings. The maximum Gasteiger partial charge on any atom is 0.282 e. The smallest absolute Gasteiger partial charge is 0.282 e. The standard InChI is InChI=1S/C33H35ClF2N6O2/c1-20-17-41(14-15-42(20)33(43)21(2)35)31-24-11-13-40(28-8-4-6-22-9-10-26(36)30(34)29(22)28)18-27(24)38-32(25(31)16-37)44-19-23-7-5-12-39(23)3/h4,6,8-10,20,23H,2,5,7,11-15,17-19H2,1,3H3. The van der Waals surface area contributed by atoms with Crippen LogP contribution in [0.25, 0.3) is 10.8 Å². The Morgan fingerprint density at radius 2 is 2.02 bits per heavy atom. The Kier molecular flexibility index (Phi) is 8.36. The van der Waals surface area contributed by atoms with Crippen molar-refractivity contribution in [3.63, 3.8) is 0 Å². The van der Waals surface area contributed by atoms with Gasteiger partial charge in [0.05, 0.1) is 22.9 Å². The summed E-state index contributed by atoms with van der Waals surface area (Å²) in [6, 6.07) is 11.2. The highest BCUT2D eigenvalue weighted by Gasteiger charge is 2.35. The molecule has 1 amide bonds. The number of nitriles is 1. The Labute approximate surface area is 261 Å². The molecule has 2 unspecified atom stereocenters. The number of amides is 1. The molecular weight excluding hydrogens is 586 g/mol. The first kappa shape index (κ1) is 30.1. The zero-order valence-corrected chi connectivity index (χ0v) is 25.7. The van der Waals surface area contributed by atoms with Crippen LogP contribution in [0.1, 0.15) is 36.6 Å². The second-order valence-corrected chi connectivity index (χ2v) is 12.2. The molecule has 4 heterocycles. The Hall–Kier alpha value is -3.94. The second-order valence-electron chi connectivity index (χ2n) is 11.9. The van der Waals surface area contributed by atoms with E-state index in [1.54, 1.807) is 6.07 Å². The molecule has 0 saturated carbocycles. The molecular formula is C33H35ClF2N6O2. The fourth-order valence-corrected chi connectivity index (χ4v) is 7.10. The lowest BCUT2D eigenvalue weighted by molar-refractivity contribution is -0.131. The van der Waals surface area contributed by atoms with Crippen molar-refractivity contribution in [2.45, 2.75) is 44.8 Å². The molecule has 44 heavy (non-hydrogen) atoms. The molecule has 0 aliphatic carbocycles. The van der Waals surface area contributed by atoms with E-state index in [4.69, 9.17) is 21.3 Å². The van der Waals surface area contributed by atoms with Crippen LogP contribution in [0.4, 0.5) is 20.2 Å². The number of ether oxygens (including phenoxy) is 1. The number of likely N-dealkylation sites (tertiary alicyclic amines) is 1. The molecule has 2 aromatic carbocycles. The number of nitrogens with zero attached hydrogens (tertiary/aromatic N) is 6. The van der Waals surface area contributed by atoms with Gasteiger partial charge in [-0.05, 0) is 57.3 Å². The average Bonchev–Trinajstić information content (AvgIpc) is 3.44. The predicted molar refractivity (Wildman–Crippen MR) is 167 cm³/mol. The van der Waals surface area contributed by atoms with E-state index in [0.717, 1.165) is 47.4 Å². The molecule has 0 N–H and O–H groups in total. The van der Waals surface area contributed by atoms with Gasteiger partial charge in [0.1, 0.15) is 24.1 Å². The molecule has 0 spiro atoms. The molecule has 1 aromatic heterocycles. The van der Waals surface area contributed by atoms with Crippen LogP contribution >= 0.6 is 11.6 Å². The number of aromatic nitrogens is 1. The van der Waals surface area contributed by atoms with Gasteiger partial charge in [-0.3, -0.25) is 4.79 Å². The van der Waals surface area contributed by atoms with Gasteiger partial charge in [-0.15, -0.1) is 0 Å². The van der Waals surface area contributed by atoms with E-state index in [2.05, 4.69) is 34.4 Å². The number of rotatable bonds is 6. The summed E-state index contributed by atoms with van der Waals surface area (Å²) in [7, 11) is 2.07. The lowest BCUT2D eigenvalue weighted by atomic mass is 9.96. The normalized spacial score (nSPS) is 20.5. The summed E-state index contributed by atoms with van der Waals surface area (Å²) in [5.41, 5.74) is 3.66. The predicted octanol–water partition coefficient (Wildman–Crippen LogP) is 5.45. The largest absolute Gasteiger partial charge is 0.475 e. The summed E-state index contributed by atoms with van der Waals surface area (Å²) in [6.07, 6.45) is 2.68. The van der Waals surface area contributed by atoms with Crippen molar-refractivity contribution >= 4 is 39.7 Å². The van der Waals surface area contributed by atoms with E-state index in [0.29, 0.717) is 56.7 Å². The lowest BCUT2D eigenvalue weighted by Crippen LogP contribution is -2.54. The first-order valence-electron chi connectivity index (χ1n) is 15.0. The van der Waals surface area contributed by atoms with Crippen LogP contribution in [0.3, 0.4) is 0 Å². The first-order valence-corrected chi connectivity index (χ1v) is 15.4. The Balaban J connectivity index is 1.39. The van der Waals surface area contributed by atoms with E-state index in [-0.39, 0.29) is 23.0 Å². The van der Waals surface area contributed by atoms with Crippen molar-refractivity contribution in [3.8, 4) is 11.9 Å². The van der Waals surface area contributed by atoms with E-state index in [1.807, 2.05) is 25.1 Å². The Bertz CT molecular complexity index is 1680. The minimum atomic E-state index is -0.981. The van der Waals surface area contributed by atoms with E-state index >= 15 is 0 Å². The fraction of sp³-hybridized carbons (Fsp3) is 0.424. The number of piperazine rings is 1. The third-order valence-electron chi connectivity index (χ3n) is 9.18. The molecule has 2 atom stereocenters.